The largest absolute Gasteiger partial charge is 0.481 e. The molecule has 1 rings (SSSR count). The van der Waals surface area contributed by atoms with Crippen LogP contribution in [-0.4, -0.2) is 34.7 Å². The molecule has 0 spiro atoms. The fourth-order valence-corrected chi connectivity index (χ4v) is 1.28. The first kappa shape index (κ1) is 12.2. The van der Waals surface area contributed by atoms with Crippen LogP contribution in [0.5, 0.6) is 0 Å². The van der Waals surface area contributed by atoms with Crippen LogP contribution in [0.4, 0.5) is 0 Å². The van der Waals surface area contributed by atoms with E-state index >= 15 is 0 Å². The van der Waals surface area contributed by atoms with Crippen molar-refractivity contribution >= 4 is 24.3 Å². The molecule has 0 aromatic carbocycles. The molecule has 13 heavy (non-hydrogen) atoms. The standard InChI is InChI=1S/C7H11NO4.ClH/c9-6(10)4-1-2-5(7(11)12)8-3-4;/h4-5,8H,1-3H2,(H,9,10)(H,11,12);1H. The number of rotatable bonds is 2. The summed E-state index contributed by atoms with van der Waals surface area (Å²) in [7, 11) is 0. The van der Waals surface area contributed by atoms with Gasteiger partial charge in [-0.25, -0.2) is 0 Å². The number of carboxylic acid groups (broad SMARTS) is 2. The predicted octanol–water partition coefficient (Wildman–Crippen LogP) is -0.0544. The van der Waals surface area contributed by atoms with Crippen molar-refractivity contribution in [2.24, 2.45) is 5.92 Å². The number of nitrogens with one attached hydrogen (secondary N) is 1. The van der Waals surface area contributed by atoms with Gasteiger partial charge in [-0.2, -0.15) is 0 Å². The molecule has 0 saturated carbocycles. The van der Waals surface area contributed by atoms with Gasteiger partial charge in [0.2, 0.25) is 0 Å². The Kier molecular flexibility index (Phi) is 4.72. The van der Waals surface area contributed by atoms with E-state index in [0.717, 1.165) is 0 Å². The summed E-state index contributed by atoms with van der Waals surface area (Å²) in [6.07, 6.45) is 0.839. The van der Waals surface area contributed by atoms with Crippen LogP contribution in [0, 0.1) is 5.92 Å². The van der Waals surface area contributed by atoms with E-state index in [2.05, 4.69) is 5.32 Å². The molecule has 1 fully saturated rings. The smallest absolute Gasteiger partial charge is 0.320 e. The van der Waals surface area contributed by atoms with E-state index in [1.165, 1.54) is 0 Å². The second kappa shape index (κ2) is 5.04. The summed E-state index contributed by atoms with van der Waals surface area (Å²) >= 11 is 0. The number of aliphatic carboxylic acids is 2. The Labute approximate surface area is 81.5 Å². The maximum absolute atomic E-state index is 10.4. The highest BCUT2D eigenvalue weighted by Crippen LogP contribution is 2.14. The van der Waals surface area contributed by atoms with Crippen LogP contribution in [0.1, 0.15) is 12.8 Å². The van der Waals surface area contributed by atoms with Crippen LogP contribution in [0.3, 0.4) is 0 Å². The summed E-state index contributed by atoms with van der Waals surface area (Å²) in [6, 6.07) is -0.569. The summed E-state index contributed by atoms with van der Waals surface area (Å²) < 4.78 is 0. The number of carboxylic acids is 2. The van der Waals surface area contributed by atoms with Gasteiger partial charge in [0.1, 0.15) is 6.04 Å². The molecule has 1 aliphatic heterocycles. The van der Waals surface area contributed by atoms with Crippen LogP contribution in [-0.2, 0) is 9.59 Å². The maximum Gasteiger partial charge on any atom is 0.320 e. The fraction of sp³-hybridized carbons (Fsp3) is 0.714. The molecule has 2 unspecified atom stereocenters. The van der Waals surface area contributed by atoms with Crippen molar-refractivity contribution in [2.45, 2.75) is 18.9 Å². The first-order valence-corrected chi connectivity index (χ1v) is 3.80. The van der Waals surface area contributed by atoms with Gasteiger partial charge in [0, 0.05) is 6.54 Å². The number of hydrogen-bond donors (Lipinski definition) is 3. The highest BCUT2D eigenvalue weighted by atomic mass is 35.5. The lowest BCUT2D eigenvalue weighted by molar-refractivity contribution is -0.146. The molecule has 0 aliphatic carbocycles. The summed E-state index contributed by atoms with van der Waals surface area (Å²) in [5.74, 6) is -2.19. The molecule has 6 heteroatoms. The minimum Gasteiger partial charge on any atom is -0.481 e. The Bertz CT molecular complexity index is 179. The Hall–Kier alpha value is -0.810. The third kappa shape index (κ3) is 3.20. The first-order valence-electron chi connectivity index (χ1n) is 3.80. The van der Waals surface area contributed by atoms with E-state index in [-0.39, 0.29) is 19.0 Å². The quantitative estimate of drug-likeness (QED) is 0.594. The Morgan fingerprint density at radius 1 is 1.15 bits per heavy atom. The Balaban J connectivity index is 0.00000144. The minimum absolute atomic E-state index is 0. The Morgan fingerprint density at radius 2 is 1.77 bits per heavy atom. The van der Waals surface area contributed by atoms with Crippen LogP contribution < -0.4 is 5.32 Å². The summed E-state index contributed by atoms with van der Waals surface area (Å²) in [5, 5.41) is 19.8. The van der Waals surface area contributed by atoms with E-state index in [1.54, 1.807) is 0 Å². The monoisotopic (exact) mass is 209 g/mol. The van der Waals surface area contributed by atoms with E-state index in [4.69, 9.17) is 10.2 Å². The van der Waals surface area contributed by atoms with Gasteiger partial charge in [0.25, 0.3) is 0 Å². The van der Waals surface area contributed by atoms with Crippen molar-refractivity contribution in [2.75, 3.05) is 6.54 Å². The summed E-state index contributed by atoms with van der Waals surface area (Å²) in [6.45, 7) is 0.256. The maximum atomic E-state index is 10.4. The van der Waals surface area contributed by atoms with Crippen molar-refractivity contribution in [1.29, 1.82) is 0 Å². The SMILES string of the molecule is Cl.O=C(O)C1CCC(C(=O)O)NC1. The van der Waals surface area contributed by atoms with E-state index in [1.807, 2.05) is 0 Å². The molecule has 0 radical (unpaired) electrons. The summed E-state index contributed by atoms with van der Waals surface area (Å²) in [4.78, 5) is 20.9. The van der Waals surface area contributed by atoms with Gasteiger partial charge >= 0.3 is 11.9 Å². The molecule has 1 aliphatic rings. The van der Waals surface area contributed by atoms with Gasteiger partial charge in [-0.05, 0) is 12.8 Å². The van der Waals surface area contributed by atoms with Crippen LogP contribution in [0.25, 0.3) is 0 Å². The number of carbonyl (C=O) groups is 2. The average Bonchev–Trinajstić information content (AvgIpc) is 2.04. The normalized spacial score (nSPS) is 27.4. The van der Waals surface area contributed by atoms with Crippen LogP contribution in [0.2, 0.25) is 0 Å². The van der Waals surface area contributed by atoms with E-state index in [0.29, 0.717) is 12.8 Å². The third-order valence-electron chi connectivity index (χ3n) is 2.06. The second-order valence-electron chi connectivity index (χ2n) is 2.91. The van der Waals surface area contributed by atoms with Gasteiger partial charge < -0.3 is 15.5 Å². The zero-order chi connectivity index (χ0) is 9.14. The molecule has 0 amide bonds. The lowest BCUT2D eigenvalue weighted by Crippen LogP contribution is -2.45. The first-order chi connectivity index (χ1) is 5.61. The van der Waals surface area contributed by atoms with Crippen molar-refractivity contribution < 1.29 is 19.8 Å². The van der Waals surface area contributed by atoms with Crippen molar-refractivity contribution in [3.05, 3.63) is 0 Å². The molecule has 0 aromatic heterocycles. The van der Waals surface area contributed by atoms with Crippen LogP contribution in [0.15, 0.2) is 0 Å². The molecule has 1 saturated heterocycles. The zero-order valence-corrected chi connectivity index (χ0v) is 7.71. The topological polar surface area (TPSA) is 86.6 Å². The second-order valence-corrected chi connectivity index (χ2v) is 2.91. The lowest BCUT2D eigenvalue weighted by Gasteiger charge is -2.24. The third-order valence-corrected chi connectivity index (χ3v) is 2.06. The van der Waals surface area contributed by atoms with E-state index in [9.17, 15) is 9.59 Å². The molecule has 76 valence electrons. The van der Waals surface area contributed by atoms with Gasteiger partial charge in [0.15, 0.2) is 0 Å². The summed E-state index contributed by atoms with van der Waals surface area (Å²) in [5.41, 5.74) is 0. The Morgan fingerprint density at radius 3 is 2.08 bits per heavy atom. The minimum atomic E-state index is -0.904. The molecular formula is C7H12ClNO4. The van der Waals surface area contributed by atoms with E-state index < -0.39 is 23.9 Å². The average molecular weight is 210 g/mol. The molecule has 5 nitrogen and oxygen atoms in total. The molecule has 0 bridgehead atoms. The highest BCUT2D eigenvalue weighted by molar-refractivity contribution is 5.85. The highest BCUT2D eigenvalue weighted by Gasteiger charge is 2.28. The number of halogens is 1. The van der Waals surface area contributed by atoms with Crippen molar-refractivity contribution in [3.63, 3.8) is 0 Å². The van der Waals surface area contributed by atoms with Crippen molar-refractivity contribution in [3.8, 4) is 0 Å². The van der Waals surface area contributed by atoms with Crippen LogP contribution >= 0.6 is 12.4 Å². The zero-order valence-electron chi connectivity index (χ0n) is 6.90. The van der Waals surface area contributed by atoms with Gasteiger partial charge in [-0.15, -0.1) is 12.4 Å². The van der Waals surface area contributed by atoms with Gasteiger partial charge in [-0.1, -0.05) is 0 Å². The predicted molar refractivity (Wildman–Crippen MR) is 47.0 cm³/mol. The van der Waals surface area contributed by atoms with Gasteiger partial charge in [0.05, 0.1) is 5.92 Å². The molecule has 3 N–H and O–H groups in total. The van der Waals surface area contributed by atoms with Crippen molar-refractivity contribution in [1.82, 2.24) is 5.32 Å². The lowest BCUT2D eigenvalue weighted by atomic mass is 9.95. The number of piperidine rings is 1. The molecule has 1 heterocycles. The molecule has 2 atom stereocenters. The number of hydrogen-bond acceptors (Lipinski definition) is 3. The van der Waals surface area contributed by atoms with Gasteiger partial charge in [-0.3, -0.25) is 9.59 Å². The molecule has 0 aromatic rings. The fourth-order valence-electron chi connectivity index (χ4n) is 1.28. The molecular weight excluding hydrogens is 198 g/mol.